The van der Waals surface area contributed by atoms with E-state index >= 15 is 0 Å². The maximum Gasteiger partial charge on any atom is 0.179 e. The third-order valence-electron chi connectivity index (χ3n) is 3.08. The zero-order valence-electron chi connectivity index (χ0n) is 10.2. The summed E-state index contributed by atoms with van der Waals surface area (Å²) in [6.45, 7) is 3.35. The quantitative estimate of drug-likeness (QED) is 0.691. The smallest absolute Gasteiger partial charge is 0.179 e. The highest BCUT2D eigenvalue weighted by molar-refractivity contribution is 9.06. The van der Waals surface area contributed by atoms with E-state index in [1.54, 1.807) is 0 Å². The first kappa shape index (κ1) is 12.5. The highest BCUT2D eigenvalue weighted by atomic mass is 79.9. The van der Waals surface area contributed by atoms with Crippen LogP contribution >= 0.6 is 16.3 Å². The van der Waals surface area contributed by atoms with Gasteiger partial charge in [-0.25, -0.2) is 0 Å². The van der Waals surface area contributed by atoms with Crippen LogP contribution in [0.15, 0.2) is 30.5 Å². The largest absolute Gasteiger partial charge is 0.418 e. The Morgan fingerprint density at radius 2 is 2.06 bits per heavy atom. The summed E-state index contributed by atoms with van der Waals surface area (Å²) in [4.78, 5) is 0. The molecule has 0 aliphatic rings. The fourth-order valence-electron chi connectivity index (χ4n) is 2.13. The van der Waals surface area contributed by atoms with Gasteiger partial charge < -0.3 is 8.40 Å². The van der Waals surface area contributed by atoms with Crippen LogP contribution in [0.1, 0.15) is 32.6 Å². The number of hydrogen-bond acceptors (Lipinski definition) is 1. The number of hydrogen-bond donors (Lipinski definition) is 0. The van der Waals surface area contributed by atoms with E-state index in [1.807, 2.05) is 12.1 Å². The average Bonchev–Trinajstić information content (AvgIpc) is 2.77. The molecule has 0 aliphatic heterocycles. The first-order valence-electron chi connectivity index (χ1n) is 6.22. The normalized spacial score (nSPS) is 10.9. The first-order chi connectivity index (χ1) is 8.35. The van der Waals surface area contributed by atoms with Gasteiger partial charge in [0.15, 0.2) is 16.3 Å². The number of fused-ring (bicyclic) bond motifs is 1. The predicted octanol–water partition coefficient (Wildman–Crippen LogP) is 4.91. The molecule has 0 radical (unpaired) electrons. The van der Waals surface area contributed by atoms with Gasteiger partial charge in [0.2, 0.25) is 0 Å². The van der Waals surface area contributed by atoms with Gasteiger partial charge in [-0.05, 0) is 30.7 Å². The molecule has 3 heteroatoms. The lowest BCUT2D eigenvalue weighted by Gasteiger charge is -2.05. The number of nitrogens with zero attached hydrogens (tertiary/aromatic N) is 1. The summed E-state index contributed by atoms with van der Waals surface area (Å²) in [7, 11) is 0. The average molecular weight is 296 g/mol. The Hall–Kier alpha value is -0.960. The predicted molar refractivity (Wildman–Crippen MR) is 75.6 cm³/mol. The van der Waals surface area contributed by atoms with Crippen LogP contribution in [0.3, 0.4) is 0 Å². The van der Waals surface area contributed by atoms with Gasteiger partial charge in [0.05, 0.1) is 0 Å². The standard InChI is InChI=1S/C14H18BrNO/c1-2-3-4-5-9-16-10-8-12-11-13(17-15)6-7-14(12)16/h6-8,10-11H,2-5,9H2,1H3. The lowest BCUT2D eigenvalue weighted by atomic mass is 10.2. The van der Waals surface area contributed by atoms with Gasteiger partial charge in [0.1, 0.15) is 5.75 Å². The molecule has 1 aromatic carbocycles. The molecular formula is C14H18BrNO. The summed E-state index contributed by atoms with van der Waals surface area (Å²) in [5.74, 6) is 0.848. The molecule has 0 aliphatic carbocycles. The maximum atomic E-state index is 5.05. The topological polar surface area (TPSA) is 14.2 Å². The molecule has 0 atom stereocenters. The number of rotatable bonds is 6. The van der Waals surface area contributed by atoms with Gasteiger partial charge >= 0.3 is 0 Å². The second-order valence-electron chi connectivity index (χ2n) is 4.37. The first-order valence-corrected chi connectivity index (χ1v) is 6.87. The van der Waals surface area contributed by atoms with E-state index in [-0.39, 0.29) is 0 Å². The van der Waals surface area contributed by atoms with Gasteiger partial charge in [-0.2, -0.15) is 0 Å². The van der Waals surface area contributed by atoms with Crippen LogP contribution < -0.4 is 3.83 Å². The molecule has 0 fully saturated rings. The van der Waals surface area contributed by atoms with Crippen molar-refractivity contribution < 1.29 is 3.83 Å². The molecule has 0 spiro atoms. The molecule has 2 nitrogen and oxygen atoms in total. The molecule has 92 valence electrons. The highest BCUT2D eigenvalue weighted by Gasteiger charge is 2.02. The second kappa shape index (κ2) is 6.10. The third kappa shape index (κ3) is 3.03. The molecule has 0 N–H and O–H groups in total. The summed E-state index contributed by atoms with van der Waals surface area (Å²) in [6, 6.07) is 8.29. The van der Waals surface area contributed by atoms with Crippen LogP contribution in [0, 0.1) is 0 Å². The van der Waals surface area contributed by atoms with Gasteiger partial charge in [-0.3, -0.25) is 0 Å². The Kier molecular flexibility index (Phi) is 4.49. The SMILES string of the molecule is CCCCCCn1ccc2cc(OBr)ccc21. The number of halogens is 1. The number of aryl methyl sites for hydroxylation is 1. The van der Waals surface area contributed by atoms with Crippen molar-refractivity contribution in [2.24, 2.45) is 0 Å². The lowest BCUT2D eigenvalue weighted by Crippen LogP contribution is -1.95. The van der Waals surface area contributed by atoms with Crippen LogP contribution in [0.4, 0.5) is 0 Å². The molecule has 0 saturated heterocycles. The van der Waals surface area contributed by atoms with Gasteiger partial charge in [-0.15, -0.1) is 0 Å². The van der Waals surface area contributed by atoms with E-state index in [2.05, 4.69) is 46.1 Å². The summed E-state index contributed by atoms with van der Waals surface area (Å²) >= 11 is 3.00. The summed E-state index contributed by atoms with van der Waals surface area (Å²) in [5, 5.41) is 1.23. The Labute approximate surface area is 111 Å². The van der Waals surface area contributed by atoms with Crippen LogP contribution in [-0.4, -0.2) is 4.57 Å². The summed E-state index contributed by atoms with van der Waals surface area (Å²) < 4.78 is 7.37. The van der Waals surface area contributed by atoms with Crippen molar-refractivity contribution in [3.8, 4) is 5.75 Å². The molecule has 2 aromatic rings. The van der Waals surface area contributed by atoms with Crippen LogP contribution in [0.2, 0.25) is 0 Å². The fourth-order valence-corrected chi connectivity index (χ4v) is 2.33. The minimum Gasteiger partial charge on any atom is -0.418 e. The van der Waals surface area contributed by atoms with Crippen molar-refractivity contribution in [3.05, 3.63) is 30.5 Å². The summed E-state index contributed by atoms with van der Waals surface area (Å²) in [6.07, 6.45) is 7.36. The molecule has 0 bridgehead atoms. The van der Waals surface area contributed by atoms with Crippen molar-refractivity contribution in [1.82, 2.24) is 4.57 Å². The van der Waals surface area contributed by atoms with E-state index in [0.717, 1.165) is 12.3 Å². The van der Waals surface area contributed by atoms with Crippen molar-refractivity contribution in [2.45, 2.75) is 39.2 Å². The third-order valence-corrected chi connectivity index (χ3v) is 3.46. The van der Waals surface area contributed by atoms with Crippen molar-refractivity contribution in [3.63, 3.8) is 0 Å². The van der Waals surface area contributed by atoms with E-state index in [0.29, 0.717) is 0 Å². The zero-order valence-corrected chi connectivity index (χ0v) is 11.7. The van der Waals surface area contributed by atoms with Crippen molar-refractivity contribution >= 4 is 27.2 Å². The Morgan fingerprint density at radius 1 is 1.18 bits per heavy atom. The zero-order chi connectivity index (χ0) is 12.1. The molecule has 0 unspecified atom stereocenters. The lowest BCUT2D eigenvalue weighted by molar-refractivity contribution is 0.593. The van der Waals surface area contributed by atoms with E-state index in [9.17, 15) is 0 Å². The number of aromatic nitrogens is 1. The van der Waals surface area contributed by atoms with E-state index < -0.39 is 0 Å². The van der Waals surface area contributed by atoms with E-state index in [1.165, 1.54) is 36.6 Å². The van der Waals surface area contributed by atoms with E-state index in [4.69, 9.17) is 3.83 Å². The summed E-state index contributed by atoms with van der Waals surface area (Å²) in [5.41, 5.74) is 1.29. The molecular weight excluding hydrogens is 278 g/mol. The Morgan fingerprint density at radius 3 is 2.82 bits per heavy atom. The molecule has 17 heavy (non-hydrogen) atoms. The van der Waals surface area contributed by atoms with Crippen LogP contribution in [0.5, 0.6) is 5.75 Å². The molecule has 1 heterocycles. The monoisotopic (exact) mass is 295 g/mol. The fraction of sp³-hybridized carbons (Fsp3) is 0.429. The molecule has 1 aromatic heterocycles. The maximum absolute atomic E-state index is 5.05. The Balaban J connectivity index is 2.08. The highest BCUT2D eigenvalue weighted by Crippen LogP contribution is 2.23. The van der Waals surface area contributed by atoms with Gasteiger partial charge in [-0.1, -0.05) is 26.2 Å². The minimum atomic E-state index is 0.848. The molecule has 0 saturated carbocycles. The van der Waals surface area contributed by atoms with Gasteiger partial charge in [0, 0.05) is 23.6 Å². The number of unbranched alkanes of at least 4 members (excludes halogenated alkanes) is 3. The van der Waals surface area contributed by atoms with Crippen LogP contribution in [-0.2, 0) is 6.54 Å². The second-order valence-corrected chi connectivity index (χ2v) is 4.69. The van der Waals surface area contributed by atoms with Crippen LogP contribution in [0.25, 0.3) is 10.9 Å². The molecule has 0 amide bonds. The molecule has 2 rings (SSSR count). The van der Waals surface area contributed by atoms with Crippen molar-refractivity contribution in [1.29, 1.82) is 0 Å². The van der Waals surface area contributed by atoms with Gasteiger partial charge in [0.25, 0.3) is 0 Å². The number of benzene rings is 1. The van der Waals surface area contributed by atoms with Crippen molar-refractivity contribution in [2.75, 3.05) is 0 Å². The Bertz CT molecular complexity index is 478. The minimum absolute atomic E-state index is 0.848.